The molecule has 5 N–H and O–H groups in total. The molecular formula is C25H38N4O5. The summed E-state index contributed by atoms with van der Waals surface area (Å²) in [6.07, 6.45) is 0.0606. The number of rotatable bonds is 8. The van der Waals surface area contributed by atoms with E-state index in [0.29, 0.717) is 24.2 Å². The van der Waals surface area contributed by atoms with Crippen LogP contribution in [0.25, 0.3) is 0 Å². The number of Topliss-reactive ketones (excluding diaryl/α,β-unsaturated/α-hetero) is 1. The van der Waals surface area contributed by atoms with Crippen LogP contribution in [0.4, 0.5) is 16.2 Å². The third kappa shape index (κ3) is 7.46. The van der Waals surface area contributed by atoms with E-state index >= 15 is 0 Å². The predicted octanol–water partition coefficient (Wildman–Crippen LogP) is 3.17. The summed E-state index contributed by atoms with van der Waals surface area (Å²) >= 11 is 0. The average molecular weight is 475 g/mol. The molecule has 1 aromatic carbocycles. The maximum atomic E-state index is 13.2. The fourth-order valence-corrected chi connectivity index (χ4v) is 3.77. The maximum absolute atomic E-state index is 13.2. The van der Waals surface area contributed by atoms with Gasteiger partial charge >= 0.3 is 6.09 Å². The first-order chi connectivity index (χ1) is 15.6. The summed E-state index contributed by atoms with van der Waals surface area (Å²) in [5.74, 6) is -1.44. The first kappa shape index (κ1) is 27.1. The largest absolute Gasteiger partial charge is 0.444 e. The fraction of sp³-hybridized carbons (Fsp3) is 0.600. The van der Waals surface area contributed by atoms with Gasteiger partial charge < -0.3 is 26.4 Å². The molecule has 9 nitrogen and oxygen atoms in total. The van der Waals surface area contributed by atoms with Gasteiger partial charge in [-0.15, -0.1) is 0 Å². The van der Waals surface area contributed by atoms with Crippen LogP contribution in [0.2, 0.25) is 0 Å². The summed E-state index contributed by atoms with van der Waals surface area (Å²) in [5, 5.41) is 8.14. The number of benzene rings is 1. The van der Waals surface area contributed by atoms with Crippen molar-refractivity contribution >= 4 is 35.1 Å². The Morgan fingerprint density at radius 3 is 2.41 bits per heavy atom. The van der Waals surface area contributed by atoms with Crippen LogP contribution >= 0.6 is 0 Å². The standard InChI is InChI=1S/C25H38N4O5/c1-14(2)11-18(27-22(32)25(6,7)29-23(33)34-24(3,4)5)19(30)13-16-12-15-9-8-10-17(26)20(15)28-21(16)31/h8-10,14,16,18H,11-13,26H2,1-7H3,(H,27,32)(H,28,31)(H,29,33)/t16?,18-/m1/s1. The Bertz CT molecular complexity index is 949. The van der Waals surface area contributed by atoms with Crippen molar-refractivity contribution in [3.8, 4) is 0 Å². The summed E-state index contributed by atoms with van der Waals surface area (Å²) in [6.45, 7) is 12.2. The van der Waals surface area contributed by atoms with Gasteiger partial charge in [0.1, 0.15) is 11.1 Å². The van der Waals surface area contributed by atoms with E-state index in [1.54, 1.807) is 40.7 Å². The second-order valence-corrected chi connectivity index (χ2v) is 10.8. The first-order valence-electron chi connectivity index (χ1n) is 11.6. The fourth-order valence-electron chi connectivity index (χ4n) is 3.77. The van der Waals surface area contributed by atoms with Crippen LogP contribution in [0.5, 0.6) is 0 Å². The number of nitrogens with one attached hydrogen (secondary N) is 3. The molecule has 0 aromatic heterocycles. The van der Waals surface area contributed by atoms with Gasteiger partial charge in [0.25, 0.3) is 0 Å². The van der Waals surface area contributed by atoms with Crippen molar-refractivity contribution in [1.29, 1.82) is 0 Å². The Kier molecular flexibility index (Phi) is 8.34. The number of nitrogen functional groups attached to an aromatic ring is 1. The molecular weight excluding hydrogens is 436 g/mol. The Hall–Kier alpha value is -3.10. The first-order valence-corrected chi connectivity index (χ1v) is 11.6. The second kappa shape index (κ2) is 10.4. The maximum Gasteiger partial charge on any atom is 0.408 e. The third-order valence-electron chi connectivity index (χ3n) is 5.50. The summed E-state index contributed by atoms with van der Waals surface area (Å²) in [5.41, 5.74) is 5.89. The molecule has 0 aliphatic carbocycles. The minimum absolute atomic E-state index is 0.0162. The second-order valence-electron chi connectivity index (χ2n) is 10.8. The Morgan fingerprint density at radius 1 is 1.18 bits per heavy atom. The molecule has 0 radical (unpaired) electrons. The summed E-state index contributed by atoms with van der Waals surface area (Å²) in [4.78, 5) is 51.0. The molecule has 1 heterocycles. The smallest absolute Gasteiger partial charge is 0.408 e. The number of ketones is 1. The van der Waals surface area contributed by atoms with Gasteiger partial charge in [-0.05, 0) is 65.0 Å². The highest BCUT2D eigenvalue weighted by atomic mass is 16.6. The minimum Gasteiger partial charge on any atom is -0.444 e. The molecule has 1 aromatic rings. The van der Waals surface area contributed by atoms with E-state index in [9.17, 15) is 19.2 Å². The average Bonchev–Trinajstić information content (AvgIpc) is 2.66. The van der Waals surface area contributed by atoms with Gasteiger partial charge in [-0.2, -0.15) is 0 Å². The van der Waals surface area contributed by atoms with E-state index in [-0.39, 0.29) is 24.0 Å². The highest BCUT2D eigenvalue weighted by Gasteiger charge is 2.36. The number of nitrogens with two attached hydrogens (primary N) is 1. The van der Waals surface area contributed by atoms with Crippen LogP contribution in [0, 0.1) is 11.8 Å². The lowest BCUT2D eigenvalue weighted by molar-refractivity contribution is -0.132. The molecule has 1 unspecified atom stereocenters. The monoisotopic (exact) mass is 474 g/mol. The van der Waals surface area contributed by atoms with Crippen molar-refractivity contribution in [2.75, 3.05) is 11.1 Å². The van der Waals surface area contributed by atoms with Crippen molar-refractivity contribution in [2.45, 2.75) is 84.9 Å². The van der Waals surface area contributed by atoms with Gasteiger partial charge in [-0.25, -0.2) is 4.79 Å². The van der Waals surface area contributed by atoms with Gasteiger partial charge in [-0.1, -0.05) is 26.0 Å². The van der Waals surface area contributed by atoms with Crippen LogP contribution in [0.1, 0.15) is 66.9 Å². The van der Waals surface area contributed by atoms with Crippen LogP contribution in [0.3, 0.4) is 0 Å². The lowest BCUT2D eigenvalue weighted by Crippen LogP contribution is -2.58. The number of alkyl carbamates (subject to hydrolysis) is 1. The Balaban J connectivity index is 2.09. The molecule has 1 aliphatic heterocycles. The van der Waals surface area contributed by atoms with E-state index in [1.807, 2.05) is 26.0 Å². The lowest BCUT2D eigenvalue weighted by atomic mass is 9.86. The van der Waals surface area contributed by atoms with E-state index in [0.717, 1.165) is 5.56 Å². The molecule has 0 fully saturated rings. The number of carbonyl (C=O) groups is 4. The molecule has 34 heavy (non-hydrogen) atoms. The van der Waals surface area contributed by atoms with E-state index in [1.165, 1.54) is 0 Å². The van der Waals surface area contributed by atoms with Gasteiger partial charge in [0.05, 0.1) is 17.4 Å². The molecule has 0 spiro atoms. The highest BCUT2D eigenvalue weighted by Crippen LogP contribution is 2.32. The van der Waals surface area contributed by atoms with E-state index in [4.69, 9.17) is 10.5 Å². The Morgan fingerprint density at radius 2 is 1.82 bits per heavy atom. The number of carbonyl (C=O) groups excluding carboxylic acids is 4. The van der Waals surface area contributed by atoms with Crippen molar-refractivity contribution < 1.29 is 23.9 Å². The number of amides is 3. The predicted molar refractivity (Wildman–Crippen MR) is 131 cm³/mol. The molecule has 3 amide bonds. The molecule has 9 heteroatoms. The number of fused-ring (bicyclic) bond motifs is 1. The third-order valence-corrected chi connectivity index (χ3v) is 5.50. The van der Waals surface area contributed by atoms with Crippen LogP contribution < -0.4 is 21.7 Å². The lowest BCUT2D eigenvalue weighted by Gasteiger charge is -2.31. The molecule has 2 atom stereocenters. The number of ether oxygens (including phenoxy) is 1. The molecule has 188 valence electrons. The van der Waals surface area contributed by atoms with Crippen molar-refractivity contribution in [3.05, 3.63) is 23.8 Å². The zero-order chi connectivity index (χ0) is 25.8. The van der Waals surface area contributed by atoms with Crippen LogP contribution in [0.15, 0.2) is 18.2 Å². The molecule has 2 rings (SSSR count). The highest BCUT2D eigenvalue weighted by molar-refractivity contribution is 6.02. The topological polar surface area (TPSA) is 140 Å². The van der Waals surface area contributed by atoms with Crippen molar-refractivity contribution in [1.82, 2.24) is 10.6 Å². The SMILES string of the molecule is CC(C)C[C@@H](NC(=O)C(C)(C)NC(=O)OC(C)(C)C)C(=O)CC1Cc2cccc(N)c2NC1=O. The van der Waals surface area contributed by atoms with Crippen LogP contribution in [-0.4, -0.2) is 40.9 Å². The normalized spacial score (nSPS) is 16.8. The van der Waals surface area contributed by atoms with Gasteiger partial charge in [0.2, 0.25) is 11.8 Å². The summed E-state index contributed by atoms with van der Waals surface area (Å²) in [6, 6.07) is 4.61. The quantitative estimate of drug-likeness (QED) is 0.427. The minimum atomic E-state index is -1.31. The van der Waals surface area contributed by atoms with Crippen molar-refractivity contribution in [2.24, 2.45) is 11.8 Å². The number of hydrogen-bond acceptors (Lipinski definition) is 6. The number of anilines is 2. The van der Waals surface area contributed by atoms with Crippen molar-refractivity contribution in [3.63, 3.8) is 0 Å². The van der Waals surface area contributed by atoms with E-state index in [2.05, 4.69) is 16.0 Å². The zero-order valence-electron chi connectivity index (χ0n) is 21.2. The number of hydrogen-bond donors (Lipinski definition) is 4. The van der Waals surface area contributed by atoms with Gasteiger partial charge in [-0.3, -0.25) is 14.4 Å². The van der Waals surface area contributed by atoms with Gasteiger partial charge in [0.15, 0.2) is 5.78 Å². The summed E-state index contributed by atoms with van der Waals surface area (Å²) in [7, 11) is 0. The van der Waals surface area contributed by atoms with Crippen LogP contribution in [-0.2, 0) is 25.5 Å². The zero-order valence-corrected chi connectivity index (χ0v) is 21.2. The Labute approximate surface area is 201 Å². The van der Waals surface area contributed by atoms with Gasteiger partial charge in [0, 0.05) is 12.3 Å². The molecule has 0 saturated heterocycles. The summed E-state index contributed by atoms with van der Waals surface area (Å²) < 4.78 is 5.24. The van der Waals surface area contributed by atoms with E-state index < -0.39 is 35.1 Å². The molecule has 0 bridgehead atoms. The number of para-hydroxylation sites is 1. The molecule has 1 aliphatic rings. The molecule has 0 saturated carbocycles.